The van der Waals surface area contributed by atoms with Crippen LogP contribution < -0.4 is 0 Å². The second kappa shape index (κ2) is 8.22. The van der Waals surface area contributed by atoms with E-state index in [4.69, 9.17) is 9.05 Å². The van der Waals surface area contributed by atoms with Gasteiger partial charge < -0.3 is 18.7 Å². The molecular formula is C9H18NO6P. The Bertz CT molecular complexity index is 285. The second-order valence-corrected chi connectivity index (χ2v) is 5.04. The fourth-order valence-electron chi connectivity index (χ4n) is 1.09. The molecule has 0 radical (unpaired) electrons. The molecule has 0 fully saturated rings. The van der Waals surface area contributed by atoms with Crippen molar-refractivity contribution < 1.29 is 27.9 Å². The molecule has 0 aromatic heterocycles. The molecule has 1 amide bonds. The van der Waals surface area contributed by atoms with E-state index in [0.29, 0.717) is 6.41 Å². The molecule has 0 atom stereocenters. The Kier molecular flexibility index (Phi) is 7.78. The fraction of sp³-hybridized carbons (Fsp3) is 0.778. The van der Waals surface area contributed by atoms with E-state index < -0.39 is 13.6 Å². The van der Waals surface area contributed by atoms with Crippen LogP contribution in [-0.4, -0.2) is 50.4 Å². The summed E-state index contributed by atoms with van der Waals surface area (Å²) in [4.78, 5) is 22.7. The molecule has 0 aliphatic rings. The van der Waals surface area contributed by atoms with Crippen molar-refractivity contribution in [2.24, 2.45) is 0 Å². The zero-order valence-corrected chi connectivity index (χ0v) is 11.1. The first-order chi connectivity index (χ1) is 8.01. The maximum atomic E-state index is 12.1. The Morgan fingerprint density at radius 1 is 1.29 bits per heavy atom. The summed E-state index contributed by atoms with van der Waals surface area (Å²) in [5.74, 6) is -0.600. The molecule has 0 aromatic carbocycles. The van der Waals surface area contributed by atoms with E-state index in [2.05, 4.69) is 4.74 Å². The van der Waals surface area contributed by atoms with Gasteiger partial charge in [0.15, 0.2) is 0 Å². The number of ether oxygens (including phenoxy) is 1. The van der Waals surface area contributed by atoms with Crippen molar-refractivity contribution in [3.05, 3.63) is 0 Å². The van der Waals surface area contributed by atoms with Crippen molar-refractivity contribution in [3.63, 3.8) is 0 Å². The largest absolute Gasteiger partial charge is 0.468 e. The number of carbonyl (C=O) groups excluding carboxylic acids is 2. The Morgan fingerprint density at radius 3 is 2.18 bits per heavy atom. The molecule has 0 heterocycles. The summed E-state index contributed by atoms with van der Waals surface area (Å²) in [6.45, 7) is 3.43. The zero-order valence-electron chi connectivity index (χ0n) is 10.2. The van der Waals surface area contributed by atoms with Crippen LogP contribution in [0.1, 0.15) is 13.8 Å². The topological polar surface area (TPSA) is 82.1 Å². The van der Waals surface area contributed by atoms with E-state index >= 15 is 0 Å². The highest BCUT2D eigenvalue weighted by molar-refractivity contribution is 7.53. The van der Waals surface area contributed by atoms with E-state index in [0.717, 1.165) is 4.90 Å². The van der Waals surface area contributed by atoms with Crippen molar-refractivity contribution in [2.45, 2.75) is 13.8 Å². The van der Waals surface area contributed by atoms with Crippen LogP contribution in [0.4, 0.5) is 0 Å². The monoisotopic (exact) mass is 267 g/mol. The van der Waals surface area contributed by atoms with E-state index in [9.17, 15) is 14.2 Å². The lowest BCUT2D eigenvalue weighted by molar-refractivity contribution is -0.143. The third-order valence-corrected chi connectivity index (χ3v) is 3.73. The Balaban J connectivity index is 4.53. The van der Waals surface area contributed by atoms with Gasteiger partial charge >= 0.3 is 13.6 Å². The molecule has 0 rings (SSSR count). The highest BCUT2D eigenvalue weighted by Gasteiger charge is 2.27. The number of hydrogen-bond acceptors (Lipinski definition) is 6. The Labute approximate surface area is 101 Å². The smallest absolute Gasteiger partial charge is 0.349 e. The van der Waals surface area contributed by atoms with Crippen LogP contribution in [0.5, 0.6) is 0 Å². The average Bonchev–Trinajstić information content (AvgIpc) is 2.28. The number of nitrogens with zero attached hydrogens (tertiary/aromatic N) is 1. The minimum absolute atomic E-state index is 0.197. The summed E-state index contributed by atoms with van der Waals surface area (Å²) in [6.07, 6.45) is 0.134. The Hall–Kier alpha value is -0.910. The van der Waals surface area contributed by atoms with Gasteiger partial charge in [0.2, 0.25) is 6.41 Å². The van der Waals surface area contributed by atoms with Crippen molar-refractivity contribution in [1.82, 2.24) is 4.90 Å². The van der Waals surface area contributed by atoms with Gasteiger partial charge in [-0.2, -0.15) is 0 Å². The summed E-state index contributed by atoms with van der Waals surface area (Å²) in [6, 6.07) is 0. The molecular weight excluding hydrogens is 249 g/mol. The van der Waals surface area contributed by atoms with Gasteiger partial charge in [-0.25, -0.2) is 0 Å². The van der Waals surface area contributed by atoms with Gasteiger partial charge in [-0.1, -0.05) is 0 Å². The lowest BCUT2D eigenvalue weighted by Crippen LogP contribution is -2.31. The van der Waals surface area contributed by atoms with E-state index in [-0.39, 0.29) is 26.0 Å². The molecule has 100 valence electrons. The molecule has 0 N–H and O–H groups in total. The summed E-state index contributed by atoms with van der Waals surface area (Å²) >= 11 is 0. The maximum Gasteiger partial charge on any atom is 0.349 e. The number of methoxy groups -OCH3 is 1. The second-order valence-electron chi connectivity index (χ2n) is 3.02. The van der Waals surface area contributed by atoms with Gasteiger partial charge in [-0.3, -0.25) is 14.2 Å². The van der Waals surface area contributed by atoms with Gasteiger partial charge in [0.1, 0.15) is 12.8 Å². The summed E-state index contributed by atoms with van der Waals surface area (Å²) in [7, 11) is -2.17. The zero-order chi connectivity index (χ0) is 13.3. The van der Waals surface area contributed by atoms with Gasteiger partial charge in [0.05, 0.1) is 20.3 Å². The van der Waals surface area contributed by atoms with Crippen LogP contribution in [-0.2, 0) is 27.9 Å². The highest BCUT2D eigenvalue weighted by Crippen LogP contribution is 2.48. The molecule has 8 heteroatoms. The van der Waals surface area contributed by atoms with Crippen LogP contribution in [0.3, 0.4) is 0 Å². The van der Waals surface area contributed by atoms with Crippen molar-refractivity contribution >= 4 is 20.0 Å². The predicted molar refractivity (Wildman–Crippen MR) is 60.5 cm³/mol. The number of rotatable bonds is 9. The van der Waals surface area contributed by atoms with Crippen molar-refractivity contribution in [1.29, 1.82) is 0 Å². The summed E-state index contributed by atoms with van der Waals surface area (Å²) in [5.41, 5.74) is 0. The molecule has 7 nitrogen and oxygen atoms in total. The van der Waals surface area contributed by atoms with E-state index in [1.54, 1.807) is 13.8 Å². The molecule has 0 aromatic rings. The highest BCUT2D eigenvalue weighted by atomic mass is 31.2. The molecule has 0 aliphatic carbocycles. The van der Waals surface area contributed by atoms with Gasteiger partial charge in [0.25, 0.3) is 0 Å². The third kappa shape index (κ3) is 6.41. The first-order valence-electron chi connectivity index (χ1n) is 5.15. The molecule has 0 aliphatic heterocycles. The molecule has 17 heavy (non-hydrogen) atoms. The molecule has 0 spiro atoms. The Morgan fingerprint density at radius 2 is 1.82 bits per heavy atom. The third-order valence-electron chi connectivity index (χ3n) is 1.72. The number of amides is 1. The minimum atomic E-state index is -3.37. The predicted octanol–water partition coefficient (Wildman–Crippen LogP) is 0.841. The normalized spacial score (nSPS) is 11.0. The van der Waals surface area contributed by atoms with Gasteiger partial charge in [-0.15, -0.1) is 0 Å². The fourth-order valence-corrected chi connectivity index (χ4v) is 2.72. The number of carbonyl (C=O) groups is 2. The van der Waals surface area contributed by atoms with Crippen LogP contribution in [0.2, 0.25) is 0 Å². The molecule has 0 unspecified atom stereocenters. The quantitative estimate of drug-likeness (QED) is 0.350. The SMILES string of the molecule is CCOP(=O)(CN(C=O)CC(=O)OC)OCC. The minimum Gasteiger partial charge on any atom is -0.468 e. The molecule has 0 saturated carbocycles. The average molecular weight is 267 g/mol. The standard InChI is InChI=1S/C9H18NO6P/c1-4-15-17(13,16-5-2)8-10(7-11)6-9(12)14-3/h7H,4-6,8H2,1-3H3. The summed E-state index contributed by atoms with van der Waals surface area (Å²) < 4.78 is 26.5. The lowest BCUT2D eigenvalue weighted by Gasteiger charge is -2.22. The van der Waals surface area contributed by atoms with E-state index in [1.165, 1.54) is 7.11 Å². The maximum absolute atomic E-state index is 12.1. The first-order valence-corrected chi connectivity index (χ1v) is 6.88. The van der Waals surface area contributed by atoms with Gasteiger partial charge in [0, 0.05) is 0 Å². The summed E-state index contributed by atoms with van der Waals surface area (Å²) in [5, 5.41) is 0. The van der Waals surface area contributed by atoms with Crippen molar-refractivity contribution in [2.75, 3.05) is 33.2 Å². The molecule has 0 saturated heterocycles. The van der Waals surface area contributed by atoms with Crippen molar-refractivity contribution in [3.8, 4) is 0 Å². The number of hydrogen-bond donors (Lipinski definition) is 0. The lowest BCUT2D eigenvalue weighted by atomic mass is 10.6. The van der Waals surface area contributed by atoms with Gasteiger partial charge in [-0.05, 0) is 13.8 Å². The van der Waals surface area contributed by atoms with Crippen LogP contribution in [0.15, 0.2) is 0 Å². The molecule has 0 bridgehead atoms. The van der Waals surface area contributed by atoms with Crippen LogP contribution in [0, 0.1) is 0 Å². The first kappa shape index (κ1) is 16.1. The van der Waals surface area contributed by atoms with Crippen LogP contribution >= 0.6 is 7.60 Å². The number of esters is 1. The van der Waals surface area contributed by atoms with Crippen LogP contribution in [0.25, 0.3) is 0 Å². The van der Waals surface area contributed by atoms with E-state index in [1.807, 2.05) is 0 Å².